The summed E-state index contributed by atoms with van der Waals surface area (Å²) in [6, 6.07) is 6.80. The standard InChI is InChI=1S/C16H23N3/c1-11(2)19-15(3,4)13-12-9-7-8-10-18(12)17-14(13)16(19,5)6/h7-11H,1-6H3. The summed E-state index contributed by atoms with van der Waals surface area (Å²) in [6.07, 6.45) is 2.04. The van der Waals surface area contributed by atoms with Crippen molar-refractivity contribution < 1.29 is 0 Å². The van der Waals surface area contributed by atoms with Gasteiger partial charge in [0.2, 0.25) is 0 Å². The van der Waals surface area contributed by atoms with Gasteiger partial charge in [-0.1, -0.05) is 6.07 Å². The molecule has 1 aliphatic heterocycles. The molecule has 0 fully saturated rings. The lowest BCUT2D eigenvalue weighted by atomic mass is 9.94. The number of fused-ring (bicyclic) bond motifs is 3. The minimum atomic E-state index is -0.0288. The normalized spacial score (nSPS) is 21.2. The molecule has 2 aromatic rings. The zero-order valence-electron chi connectivity index (χ0n) is 12.7. The topological polar surface area (TPSA) is 20.5 Å². The third-order valence-corrected chi connectivity index (χ3v) is 4.45. The van der Waals surface area contributed by atoms with Gasteiger partial charge in [0.25, 0.3) is 0 Å². The van der Waals surface area contributed by atoms with E-state index in [1.54, 1.807) is 0 Å². The highest BCUT2D eigenvalue weighted by atomic mass is 15.4. The van der Waals surface area contributed by atoms with Crippen LogP contribution in [0.3, 0.4) is 0 Å². The molecular weight excluding hydrogens is 234 g/mol. The van der Waals surface area contributed by atoms with Crippen molar-refractivity contribution in [3.63, 3.8) is 0 Å². The van der Waals surface area contributed by atoms with Crippen LogP contribution in [0.2, 0.25) is 0 Å². The van der Waals surface area contributed by atoms with Crippen molar-refractivity contribution in [3.8, 4) is 0 Å². The number of hydrogen-bond acceptors (Lipinski definition) is 2. The second kappa shape index (κ2) is 3.60. The zero-order chi connectivity index (χ0) is 14.0. The lowest BCUT2D eigenvalue weighted by molar-refractivity contribution is 0.00653. The van der Waals surface area contributed by atoms with Crippen LogP contribution in [0.1, 0.15) is 52.8 Å². The summed E-state index contributed by atoms with van der Waals surface area (Å²) in [6.45, 7) is 13.7. The van der Waals surface area contributed by atoms with Gasteiger partial charge in [-0.05, 0) is 53.7 Å². The highest BCUT2D eigenvalue weighted by Crippen LogP contribution is 2.51. The van der Waals surface area contributed by atoms with Gasteiger partial charge in [0.15, 0.2) is 0 Å². The number of aromatic nitrogens is 2. The maximum atomic E-state index is 4.85. The van der Waals surface area contributed by atoms with Crippen LogP contribution in [0.5, 0.6) is 0 Å². The van der Waals surface area contributed by atoms with Gasteiger partial charge < -0.3 is 0 Å². The fourth-order valence-corrected chi connectivity index (χ4v) is 4.25. The lowest BCUT2D eigenvalue weighted by Crippen LogP contribution is -2.49. The number of nitrogens with zero attached hydrogens (tertiary/aromatic N) is 3. The minimum absolute atomic E-state index is 0.0100. The van der Waals surface area contributed by atoms with Gasteiger partial charge in [-0.15, -0.1) is 0 Å². The van der Waals surface area contributed by atoms with Crippen molar-refractivity contribution in [1.82, 2.24) is 14.5 Å². The van der Waals surface area contributed by atoms with E-state index in [-0.39, 0.29) is 11.1 Å². The molecule has 2 aromatic heterocycles. The van der Waals surface area contributed by atoms with Gasteiger partial charge in [-0.25, -0.2) is 4.52 Å². The predicted molar refractivity (Wildman–Crippen MR) is 78.2 cm³/mol. The Bertz CT molecular complexity index is 634. The van der Waals surface area contributed by atoms with Crippen LogP contribution in [0.25, 0.3) is 5.52 Å². The molecule has 0 amide bonds. The van der Waals surface area contributed by atoms with E-state index in [1.165, 1.54) is 16.8 Å². The smallest absolute Gasteiger partial charge is 0.0883 e. The Balaban J connectivity index is 2.36. The van der Waals surface area contributed by atoms with Crippen molar-refractivity contribution in [2.75, 3.05) is 0 Å². The maximum Gasteiger partial charge on any atom is 0.0883 e. The van der Waals surface area contributed by atoms with Crippen molar-refractivity contribution in [1.29, 1.82) is 0 Å². The quantitative estimate of drug-likeness (QED) is 0.779. The molecule has 102 valence electrons. The van der Waals surface area contributed by atoms with E-state index in [9.17, 15) is 0 Å². The second-order valence-corrected chi connectivity index (χ2v) is 6.84. The molecule has 0 radical (unpaired) electrons. The van der Waals surface area contributed by atoms with Crippen LogP contribution in [0.4, 0.5) is 0 Å². The lowest BCUT2D eigenvalue weighted by Gasteiger charge is -2.43. The van der Waals surface area contributed by atoms with Gasteiger partial charge in [-0.2, -0.15) is 5.10 Å². The first kappa shape index (κ1) is 12.7. The zero-order valence-corrected chi connectivity index (χ0v) is 12.7. The van der Waals surface area contributed by atoms with E-state index < -0.39 is 0 Å². The number of rotatable bonds is 1. The molecule has 0 aliphatic carbocycles. The molecule has 0 unspecified atom stereocenters. The minimum Gasteiger partial charge on any atom is -0.281 e. The molecule has 0 spiro atoms. The number of hydrogen-bond donors (Lipinski definition) is 0. The molecule has 0 saturated heterocycles. The third-order valence-electron chi connectivity index (χ3n) is 4.45. The van der Waals surface area contributed by atoms with E-state index in [0.29, 0.717) is 6.04 Å². The monoisotopic (exact) mass is 257 g/mol. The first-order valence-electron chi connectivity index (χ1n) is 7.05. The van der Waals surface area contributed by atoms with Crippen molar-refractivity contribution >= 4 is 5.52 Å². The van der Waals surface area contributed by atoms with Crippen LogP contribution < -0.4 is 0 Å². The average molecular weight is 257 g/mol. The Morgan fingerprint density at radius 1 is 1.05 bits per heavy atom. The van der Waals surface area contributed by atoms with Crippen LogP contribution in [-0.4, -0.2) is 20.6 Å². The molecular formula is C16H23N3. The van der Waals surface area contributed by atoms with Crippen molar-refractivity contribution in [3.05, 3.63) is 35.7 Å². The van der Waals surface area contributed by atoms with Crippen LogP contribution >= 0.6 is 0 Å². The largest absolute Gasteiger partial charge is 0.281 e. The second-order valence-electron chi connectivity index (χ2n) is 6.84. The first-order chi connectivity index (χ1) is 8.78. The summed E-state index contributed by atoms with van der Waals surface area (Å²) in [5, 5.41) is 4.85. The van der Waals surface area contributed by atoms with Crippen molar-refractivity contribution in [2.24, 2.45) is 0 Å². The van der Waals surface area contributed by atoms with Gasteiger partial charge in [0, 0.05) is 23.3 Å². The first-order valence-corrected chi connectivity index (χ1v) is 7.05. The summed E-state index contributed by atoms with van der Waals surface area (Å²) < 4.78 is 2.02. The molecule has 3 heterocycles. The van der Waals surface area contributed by atoms with Gasteiger partial charge in [-0.3, -0.25) is 4.90 Å². The van der Waals surface area contributed by atoms with Crippen LogP contribution in [0, 0.1) is 0 Å². The molecule has 3 rings (SSSR count). The van der Waals surface area contributed by atoms with E-state index in [4.69, 9.17) is 5.10 Å². The molecule has 19 heavy (non-hydrogen) atoms. The Kier molecular flexibility index (Phi) is 2.40. The highest BCUT2D eigenvalue weighted by Gasteiger charge is 2.53. The summed E-state index contributed by atoms with van der Waals surface area (Å²) in [5.41, 5.74) is 3.82. The average Bonchev–Trinajstić information content (AvgIpc) is 2.73. The third kappa shape index (κ3) is 1.45. The van der Waals surface area contributed by atoms with E-state index in [1.807, 2.05) is 16.8 Å². The molecule has 0 saturated carbocycles. The molecule has 0 bridgehead atoms. The van der Waals surface area contributed by atoms with Gasteiger partial charge >= 0.3 is 0 Å². The molecule has 3 nitrogen and oxygen atoms in total. The molecule has 0 aromatic carbocycles. The van der Waals surface area contributed by atoms with Gasteiger partial charge in [0.05, 0.1) is 16.7 Å². The highest BCUT2D eigenvalue weighted by molar-refractivity contribution is 5.63. The summed E-state index contributed by atoms with van der Waals surface area (Å²) in [5.74, 6) is 0. The Labute approximate surface area is 115 Å². The van der Waals surface area contributed by atoms with E-state index in [0.717, 1.165) is 0 Å². The van der Waals surface area contributed by atoms with Crippen LogP contribution in [0.15, 0.2) is 24.4 Å². The Morgan fingerprint density at radius 2 is 1.74 bits per heavy atom. The molecule has 1 aliphatic rings. The SMILES string of the molecule is CC(C)N1C(C)(C)c2nn3ccccc3c2C1(C)C. The fourth-order valence-electron chi connectivity index (χ4n) is 4.25. The van der Waals surface area contributed by atoms with Gasteiger partial charge in [0.1, 0.15) is 0 Å². The number of pyridine rings is 1. The summed E-state index contributed by atoms with van der Waals surface area (Å²) >= 11 is 0. The molecule has 3 heteroatoms. The maximum absolute atomic E-state index is 4.85. The Hall–Kier alpha value is -1.35. The Morgan fingerprint density at radius 3 is 2.37 bits per heavy atom. The molecule has 0 N–H and O–H groups in total. The fraction of sp³-hybridized carbons (Fsp3) is 0.562. The van der Waals surface area contributed by atoms with Crippen molar-refractivity contribution in [2.45, 2.75) is 58.7 Å². The summed E-state index contributed by atoms with van der Waals surface area (Å²) in [7, 11) is 0. The summed E-state index contributed by atoms with van der Waals surface area (Å²) in [4.78, 5) is 2.57. The van der Waals surface area contributed by atoms with E-state index >= 15 is 0 Å². The van der Waals surface area contributed by atoms with E-state index in [2.05, 4.69) is 58.6 Å². The predicted octanol–water partition coefficient (Wildman–Crippen LogP) is 3.53. The molecule has 0 atom stereocenters. The van der Waals surface area contributed by atoms with Crippen LogP contribution in [-0.2, 0) is 11.1 Å².